The number of hydrogen-bond donors (Lipinski definition) is 1. The number of halogens is 2. The van der Waals surface area contributed by atoms with E-state index in [0.717, 1.165) is 5.56 Å². The smallest absolute Gasteiger partial charge is 0.262 e. The number of ether oxygens (including phenoxy) is 1. The summed E-state index contributed by atoms with van der Waals surface area (Å²) < 4.78 is 11.3. The van der Waals surface area contributed by atoms with Crippen molar-refractivity contribution in [1.82, 2.24) is 4.98 Å². The Morgan fingerprint density at radius 3 is 2.47 bits per heavy atom. The van der Waals surface area contributed by atoms with Crippen LogP contribution in [0.1, 0.15) is 36.8 Å². The Labute approximate surface area is 196 Å². The van der Waals surface area contributed by atoms with Gasteiger partial charge in [0.25, 0.3) is 5.91 Å². The minimum Gasteiger partial charge on any atom is -0.484 e. The molecule has 0 saturated carbocycles. The summed E-state index contributed by atoms with van der Waals surface area (Å²) in [5, 5.41) is 3.78. The average molecular weight is 469 g/mol. The molecular formula is C25H22Cl2N2O3. The van der Waals surface area contributed by atoms with Gasteiger partial charge in [-0.25, -0.2) is 4.98 Å². The van der Waals surface area contributed by atoms with Gasteiger partial charge in [0.1, 0.15) is 11.3 Å². The predicted molar refractivity (Wildman–Crippen MR) is 128 cm³/mol. The quantitative estimate of drug-likeness (QED) is 0.321. The van der Waals surface area contributed by atoms with E-state index < -0.39 is 0 Å². The van der Waals surface area contributed by atoms with Crippen molar-refractivity contribution in [3.63, 3.8) is 0 Å². The summed E-state index contributed by atoms with van der Waals surface area (Å²) in [5.41, 5.74) is 4.05. The summed E-state index contributed by atoms with van der Waals surface area (Å²) in [4.78, 5) is 16.7. The number of benzene rings is 3. The second-order valence-electron chi connectivity index (χ2n) is 7.78. The largest absolute Gasteiger partial charge is 0.484 e. The number of nitrogens with zero attached hydrogens (tertiary/aromatic N) is 1. The molecule has 1 amide bonds. The third kappa shape index (κ3) is 5.42. The number of nitrogens with one attached hydrogen (secondary N) is 1. The van der Waals surface area contributed by atoms with Crippen LogP contribution in [0.3, 0.4) is 0 Å². The fourth-order valence-corrected chi connectivity index (χ4v) is 3.78. The Morgan fingerprint density at radius 2 is 1.78 bits per heavy atom. The first-order chi connectivity index (χ1) is 15.4. The Bertz CT molecular complexity index is 1230. The first-order valence-corrected chi connectivity index (χ1v) is 11.0. The van der Waals surface area contributed by atoms with Gasteiger partial charge in [-0.3, -0.25) is 4.79 Å². The fraction of sp³-hybridized carbons (Fsp3) is 0.200. The number of fused-ring (bicyclic) bond motifs is 1. The van der Waals surface area contributed by atoms with Crippen molar-refractivity contribution >= 4 is 45.9 Å². The molecule has 0 unspecified atom stereocenters. The fourth-order valence-electron chi connectivity index (χ4n) is 3.26. The van der Waals surface area contributed by atoms with Gasteiger partial charge in [0, 0.05) is 17.1 Å². The van der Waals surface area contributed by atoms with E-state index >= 15 is 0 Å². The van der Waals surface area contributed by atoms with Gasteiger partial charge in [-0.2, -0.15) is 0 Å². The highest BCUT2D eigenvalue weighted by atomic mass is 35.5. The molecule has 0 spiro atoms. The molecule has 0 aliphatic heterocycles. The summed E-state index contributed by atoms with van der Waals surface area (Å²) in [6, 6.07) is 18.6. The number of amides is 1. The molecule has 0 atom stereocenters. The number of hydrogen-bond acceptors (Lipinski definition) is 4. The molecule has 1 aromatic heterocycles. The van der Waals surface area contributed by atoms with Crippen LogP contribution in [0.4, 0.5) is 5.69 Å². The molecule has 7 heteroatoms. The predicted octanol–water partition coefficient (Wildman–Crippen LogP) is 6.87. The van der Waals surface area contributed by atoms with Crippen LogP contribution in [0, 0.1) is 0 Å². The highest BCUT2D eigenvalue weighted by Gasteiger charge is 2.11. The van der Waals surface area contributed by atoms with E-state index in [-0.39, 0.29) is 12.5 Å². The zero-order chi connectivity index (χ0) is 22.7. The molecular weight excluding hydrogens is 447 g/mol. The van der Waals surface area contributed by atoms with Crippen molar-refractivity contribution in [1.29, 1.82) is 0 Å². The van der Waals surface area contributed by atoms with Gasteiger partial charge in [0.05, 0.1) is 5.02 Å². The lowest BCUT2D eigenvalue weighted by Crippen LogP contribution is -2.20. The Kier molecular flexibility index (Phi) is 6.68. The molecule has 3 aromatic carbocycles. The molecule has 4 aromatic rings. The molecule has 0 radical (unpaired) electrons. The highest BCUT2D eigenvalue weighted by Crippen LogP contribution is 2.29. The van der Waals surface area contributed by atoms with E-state index in [4.69, 9.17) is 32.4 Å². The SMILES string of the molecule is CC(C)c1ccc(OCC(=O)Nc2ccc(Cc3nc4cc(Cl)cc(Cl)c4o3)cc2)cc1. The maximum absolute atomic E-state index is 12.2. The highest BCUT2D eigenvalue weighted by molar-refractivity contribution is 6.37. The normalized spacial score (nSPS) is 11.2. The number of rotatable bonds is 7. The average Bonchev–Trinajstić information content (AvgIpc) is 3.16. The first kappa shape index (κ1) is 22.2. The molecule has 0 bridgehead atoms. The third-order valence-corrected chi connectivity index (χ3v) is 5.46. The molecule has 0 aliphatic carbocycles. The first-order valence-electron chi connectivity index (χ1n) is 10.2. The lowest BCUT2D eigenvalue weighted by Gasteiger charge is -2.10. The van der Waals surface area contributed by atoms with E-state index in [1.807, 2.05) is 48.5 Å². The summed E-state index contributed by atoms with van der Waals surface area (Å²) >= 11 is 12.2. The van der Waals surface area contributed by atoms with Gasteiger partial charge in [0.2, 0.25) is 0 Å². The topological polar surface area (TPSA) is 64.4 Å². The Morgan fingerprint density at radius 1 is 1.06 bits per heavy atom. The monoisotopic (exact) mass is 468 g/mol. The van der Waals surface area contributed by atoms with Crippen molar-refractivity contribution < 1.29 is 13.9 Å². The summed E-state index contributed by atoms with van der Waals surface area (Å²) in [7, 11) is 0. The van der Waals surface area contributed by atoms with E-state index in [1.54, 1.807) is 12.1 Å². The van der Waals surface area contributed by atoms with Gasteiger partial charge < -0.3 is 14.5 Å². The number of aromatic nitrogens is 1. The molecule has 4 rings (SSSR count). The lowest BCUT2D eigenvalue weighted by atomic mass is 10.0. The van der Waals surface area contributed by atoms with Crippen LogP contribution in [-0.2, 0) is 11.2 Å². The number of carbonyl (C=O) groups excluding carboxylic acids is 1. The van der Waals surface area contributed by atoms with Crippen LogP contribution in [0.2, 0.25) is 10.0 Å². The molecule has 1 N–H and O–H groups in total. The standard InChI is InChI=1S/C25H22Cl2N2O3/c1-15(2)17-5-9-20(10-6-17)31-14-23(30)28-19-7-3-16(4-8-19)11-24-29-22-13-18(26)12-21(27)25(22)32-24/h3-10,12-13,15H,11,14H2,1-2H3,(H,28,30). The minimum absolute atomic E-state index is 0.0605. The molecule has 32 heavy (non-hydrogen) atoms. The van der Waals surface area contributed by atoms with Crippen LogP contribution in [0.5, 0.6) is 5.75 Å². The molecule has 0 fully saturated rings. The van der Waals surface area contributed by atoms with Crippen LogP contribution in [-0.4, -0.2) is 17.5 Å². The Hall–Kier alpha value is -3.02. The van der Waals surface area contributed by atoms with Crippen molar-refractivity contribution in [2.45, 2.75) is 26.2 Å². The molecule has 0 saturated heterocycles. The second kappa shape index (κ2) is 9.63. The zero-order valence-electron chi connectivity index (χ0n) is 17.7. The zero-order valence-corrected chi connectivity index (χ0v) is 19.2. The molecule has 1 heterocycles. The van der Waals surface area contributed by atoms with Crippen molar-refractivity contribution in [3.8, 4) is 5.75 Å². The van der Waals surface area contributed by atoms with Gasteiger partial charge in [-0.1, -0.05) is 61.3 Å². The van der Waals surface area contributed by atoms with Gasteiger partial charge >= 0.3 is 0 Å². The van der Waals surface area contributed by atoms with Crippen LogP contribution < -0.4 is 10.1 Å². The Balaban J connectivity index is 1.32. The number of anilines is 1. The van der Waals surface area contributed by atoms with E-state index in [0.29, 0.717) is 50.8 Å². The van der Waals surface area contributed by atoms with Gasteiger partial charge in [-0.15, -0.1) is 0 Å². The maximum atomic E-state index is 12.2. The second-order valence-corrected chi connectivity index (χ2v) is 8.62. The number of carbonyl (C=O) groups is 1. The van der Waals surface area contributed by atoms with Crippen LogP contribution in [0.15, 0.2) is 65.1 Å². The summed E-state index contributed by atoms with van der Waals surface area (Å²) in [5.74, 6) is 1.43. The van der Waals surface area contributed by atoms with E-state index in [9.17, 15) is 4.79 Å². The minimum atomic E-state index is -0.226. The molecule has 0 aliphatic rings. The lowest BCUT2D eigenvalue weighted by molar-refractivity contribution is -0.118. The van der Waals surface area contributed by atoms with Crippen molar-refractivity contribution in [2.24, 2.45) is 0 Å². The van der Waals surface area contributed by atoms with E-state index in [1.165, 1.54) is 5.56 Å². The maximum Gasteiger partial charge on any atom is 0.262 e. The van der Waals surface area contributed by atoms with Gasteiger partial charge in [-0.05, 0) is 53.4 Å². The molecule has 5 nitrogen and oxygen atoms in total. The number of oxazole rings is 1. The summed E-state index contributed by atoms with van der Waals surface area (Å²) in [6.07, 6.45) is 0.492. The third-order valence-electron chi connectivity index (χ3n) is 4.96. The summed E-state index contributed by atoms with van der Waals surface area (Å²) in [6.45, 7) is 4.20. The van der Waals surface area contributed by atoms with Crippen molar-refractivity contribution in [2.75, 3.05) is 11.9 Å². The molecule has 164 valence electrons. The van der Waals surface area contributed by atoms with Crippen LogP contribution in [0.25, 0.3) is 11.1 Å². The van der Waals surface area contributed by atoms with E-state index in [2.05, 4.69) is 24.1 Å². The van der Waals surface area contributed by atoms with Crippen LogP contribution >= 0.6 is 23.2 Å². The van der Waals surface area contributed by atoms with Crippen molar-refractivity contribution in [3.05, 3.63) is 87.7 Å². The van der Waals surface area contributed by atoms with Gasteiger partial charge in [0.15, 0.2) is 18.1 Å².